The standard InChI is InChI=1S/C26H19F9O3/c1-2-3-15-4-6-16(7-5-15)25(32,33)37-17-8-9-19(20(27)12-17)26(34,35)38-18-13-21(28)24(22(29)14-18)36-11-10-23(30)31/h4-14,23H,2-3H2,1H3. The van der Waals surface area contributed by atoms with Gasteiger partial charge >= 0.3 is 12.2 Å². The number of halogens is 9. The smallest absolute Gasteiger partial charge is 0.429 e. The van der Waals surface area contributed by atoms with Gasteiger partial charge in [-0.25, -0.2) is 22.0 Å². The van der Waals surface area contributed by atoms with E-state index in [9.17, 15) is 39.5 Å². The summed E-state index contributed by atoms with van der Waals surface area (Å²) in [5.74, 6) is -7.92. The molecule has 0 aliphatic rings. The molecule has 0 unspecified atom stereocenters. The fourth-order valence-corrected chi connectivity index (χ4v) is 3.23. The van der Waals surface area contributed by atoms with Crippen LogP contribution >= 0.6 is 0 Å². The topological polar surface area (TPSA) is 27.7 Å². The van der Waals surface area contributed by atoms with Crippen molar-refractivity contribution in [3.8, 4) is 17.2 Å². The zero-order valence-electron chi connectivity index (χ0n) is 19.5. The van der Waals surface area contributed by atoms with Crippen molar-refractivity contribution in [2.24, 2.45) is 0 Å². The second-order valence-corrected chi connectivity index (χ2v) is 7.82. The molecule has 0 bridgehead atoms. The van der Waals surface area contributed by atoms with Crippen LogP contribution in [0.4, 0.5) is 39.5 Å². The van der Waals surface area contributed by atoms with Crippen LogP contribution in [-0.2, 0) is 18.6 Å². The number of aryl methyl sites for hydroxylation is 1. The van der Waals surface area contributed by atoms with E-state index < -0.39 is 64.5 Å². The minimum atomic E-state index is -4.52. The van der Waals surface area contributed by atoms with Gasteiger partial charge in [0.1, 0.15) is 22.9 Å². The van der Waals surface area contributed by atoms with Crippen molar-refractivity contribution in [3.05, 3.63) is 101 Å². The first-order chi connectivity index (χ1) is 17.8. The van der Waals surface area contributed by atoms with Gasteiger partial charge in [0.25, 0.3) is 6.43 Å². The molecule has 0 aromatic heterocycles. The minimum absolute atomic E-state index is 0.173. The number of hydrogen-bond donors (Lipinski definition) is 0. The number of benzene rings is 3. The van der Waals surface area contributed by atoms with Crippen LogP contribution in [0.15, 0.2) is 66.9 Å². The highest BCUT2D eigenvalue weighted by molar-refractivity contribution is 5.37. The molecule has 3 aromatic rings. The van der Waals surface area contributed by atoms with Gasteiger partial charge in [0.05, 0.1) is 11.8 Å². The molecule has 0 aliphatic carbocycles. The fourth-order valence-electron chi connectivity index (χ4n) is 3.23. The number of allylic oxidation sites excluding steroid dienone is 1. The van der Waals surface area contributed by atoms with E-state index in [-0.39, 0.29) is 24.3 Å². The van der Waals surface area contributed by atoms with Crippen molar-refractivity contribution in [3.63, 3.8) is 0 Å². The summed E-state index contributed by atoms with van der Waals surface area (Å²) in [6.07, 6.45) is -9.46. The van der Waals surface area contributed by atoms with Crippen molar-refractivity contribution in [1.29, 1.82) is 0 Å². The van der Waals surface area contributed by atoms with E-state index in [4.69, 9.17) is 0 Å². The number of alkyl halides is 6. The Morgan fingerprint density at radius 3 is 1.89 bits per heavy atom. The van der Waals surface area contributed by atoms with Crippen LogP contribution in [-0.4, -0.2) is 6.43 Å². The van der Waals surface area contributed by atoms with Gasteiger partial charge in [0.2, 0.25) is 0 Å². The zero-order chi connectivity index (χ0) is 28.1. The number of rotatable bonds is 11. The lowest BCUT2D eigenvalue weighted by atomic mass is 10.1. The predicted octanol–water partition coefficient (Wildman–Crippen LogP) is 8.47. The molecule has 0 radical (unpaired) electrons. The lowest BCUT2D eigenvalue weighted by Crippen LogP contribution is -2.24. The molecule has 38 heavy (non-hydrogen) atoms. The maximum Gasteiger partial charge on any atom is 0.429 e. The van der Waals surface area contributed by atoms with Crippen molar-refractivity contribution < 1.29 is 53.7 Å². The van der Waals surface area contributed by atoms with Crippen LogP contribution in [0.1, 0.15) is 30.0 Å². The van der Waals surface area contributed by atoms with E-state index in [2.05, 4.69) is 14.2 Å². The Hall–Kier alpha value is -3.83. The van der Waals surface area contributed by atoms with Crippen LogP contribution in [0.5, 0.6) is 17.2 Å². The zero-order valence-corrected chi connectivity index (χ0v) is 19.5. The maximum atomic E-state index is 14.6. The van der Waals surface area contributed by atoms with Crippen LogP contribution in [0.2, 0.25) is 0 Å². The van der Waals surface area contributed by atoms with E-state index in [1.807, 2.05) is 6.92 Å². The first kappa shape index (κ1) is 28.7. The maximum absolute atomic E-state index is 14.6. The van der Waals surface area contributed by atoms with E-state index in [0.717, 1.165) is 24.1 Å². The SMILES string of the molecule is CCCc1ccc(C(F)(F)Oc2ccc(C(F)(F)Oc3cc(F)c(OC=CC(F)F)c(F)c3)c(F)c2)cc1. The molecule has 3 aromatic carbocycles. The molecule has 0 fully saturated rings. The highest BCUT2D eigenvalue weighted by atomic mass is 19.3. The molecule has 3 nitrogen and oxygen atoms in total. The minimum Gasteiger partial charge on any atom is -0.459 e. The van der Waals surface area contributed by atoms with Gasteiger partial charge in [0.15, 0.2) is 17.4 Å². The number of hydrogen-bond acceptors (Lipinski definition) is 3. The van der Waals surface area contributed by atoms with Gasteiger partial charge in [0, 0.05) is 24.3 Å². The molecule has 0 heterocycles. The van der Waals surface area contributed by atoms with Crippen LogP contribution in [0.3, 0.4) is 0 Å². The quantitative estimate of drug-likeness (QED) is 0.177. The molecule has 204 valence electrons. The third-order valence-corrected chi connectivity index (χ3v) is 4.96. The second-order valence-electron chi connectivity index (χ2n) is 7.82. The first-order valence-corrected chi connectivity index (χ1v) is 11.0. The molecule has 0 saturated heterocycles. The molecule has 0 saturated carbocycles. The van der Waals surface area contributed by atoms with E-state index in [0.29, 0.717) is 24.8 Å². The molecule has 0 N–H and O–H groups in total. The fraction of sp³-hybridized carbons (Fsp3) is 0.231. The van der Waals surface area contributed by atoms with Crippen molar-refractivity contribution in [2.75, 3.05) is 0 Å². The Kier molecular flexibility index (Phi) is 8.85. The van der Waals surface area contributed by atoms with Gasteiger partial charge in [-0.15, -0.1) is 0 Å². The average molecular weight is 550 g/mol. The van der Waals surface area contributed by atoms with E-state index in [1.54, 1.807) is 0 Å². The summed E-state index contributed by atoms with van der Waals surface area (Å²) in [6, 6.07) is 7.04. The third-order valence-electron chi connectivity index (χ3n) is 4.96. The Bertz CT molecular complexity index is 1250. The molecular weight excluding hydrogens is 531 g/mol. The van der Waals surface area contributed by atoms with Crippen molar-refractivity contribution in [1.82, 2.24) is 0 Å². The van der Waals surface area contributed by atoms with Gasteiger partial charge in [-0.2, -0.15) is 17.6 Å². The van der Waals surface area contributed by atoms with Gasteiger partial charge in [-0.05, 0) is 36.2 Å². The largest absolute Gasteiger partial charge is 0.459 e. The molecule has 0 aliphatic heterocycles. The van der Waals surface area contributed by atoms with Gasteiger partial charge in [-0.1, -0.05) is 25.5 Å². The normalized spacial score (nSPS) is 12.3. The monoisotopic (exact) mass is 550 g/mol. The predicted molar refractivity (Wildman–Crippen MR) is 118 cm³/mol. The lowest BCUT2D eigenvalue weighted by molar-refractivity contribution is -0.188. The van der Waals surface area contributed by atoms with Crippen molar-refractivity contribution >= 4 is 0 Å². The van der Waals surface area contributed by atoms with E-state index in [1.165, 1.54) is 12.1 Å². The summed E-state index contributed by atoms with van der Waals surface area (Å²) in [6.45, 7) is 1.92. The molecule has 12 heteroatoms. The molecular formula is C26H19F9O3. The molecule has 0 spiro atoms. The van der Waals surface area contributed by atoms with Crippen LogP contribution in [0.25, 0.3) is 0 Å². The molecule has 0 atom stereocenters. The summed E-state index contributed by atoms with van der Waals surface area (Å²) in [4.78, 5) is 0. The van der Waals surface area contributed by atoms with Gasteiger partial charge in [-0.3, -0.25) is 0 Å². The average Bonchev–Trinajstić information content (AvgIpc) is 2.80. The number of ether oxygens (including phenoxy) is 3. The highest BCUT2D eigenvalue weighted by Gasteiger charge is 2.39. The Morgan fingerprint density at radius 1 is 0.763 bits per heavy atom. The summed E-state index contributed by atoms with van der Waals surface area (Å²) in [7, 11) is 0. The molecule has 0 amide bonds. The summed E-state index contributed by atoms with van der Waals surface area (Å²) in [5.41, 5.74) is -1.18. The summed E-state index contributed by atoms with van der Waals surface area (Å²) in [5, 5.41) is 0. The Balaban J connectivity index is 1.76. The Labute approximate surface area is 211 Å². The van der Waals surface area contributed by atoms with Crippen LogP contribution in [0, 0.1) is 17.5 Å². The first-order valence-electron chi connectivity index (χ1n) is 11.0. The Morgan fingerprint density at radius 2 is 1.34 bits per heavy atom. The van der Waals surface area contributed by atoms with Gasteiger partial charge < -0.3 is 14.2 Å². The highest BCUT2D eigenvalue weighted by Crippen LogP contribution is 2.38. The second kappa shape index (κ2) is 11.7. The summed E-state index contributed by atoms with van der Waals surface area (Å²) >= 11 is 0. The van der Waals surface area contributed by atoms with Crippen LogP contribution < -0.4 is 14.2 Å². The van der Waals surface area contributed by atoms with E-state index >= 15 is 0 Å². The molecule has 3 rings (SSSR count). The summed E-state index contributed by atoms with van der Waals surface area (Å²) < 4.78 is 138. The lowest BCUT2D eigenvalue weighted by Gasteiger charge is -2.21. The van der Waals surface area contributed by atoms with Crippen molar-refractivity contribution in [2.45, 2.75) is 38.4 Å². The third kappa shape index (κ3) is 7.14.